The molecule has 1 N–H and O–H groups in total. The first-order valence-corrected chi connectivity index (χ1v) is 12.9. The third kappa shape index (κ3) is 8.88. The molecule has 1 heterocycles. The summed E-state index contributed by atoms with van der Waals surface area (Å²) >= 11 is 0. The molecule has 0 saturated heterocycles. The van der Waals surface area contributed by atoms with Crippen molar-refractivity contribution >= 4 is 21.7 Å². The van der Waals surface area contributed by atoms with Crippen molar-refractivity contribution in [2.24, 2.45) is 17.6 Å². The molecule has 8 heteroatoms. The number of carbonyl (C=O) groups is 1. The van der Waals surface area contributed by atoms with Gasteiger partial charge in [-0.25, -0.2) is 18.4 Å². The van der Waals surface area contributed by atoms with Crippen molar-refractivity contribution in [2.75, 3.05) is 0 Å². The number of aryl methyl sites for hydroxylation is 2. The number of benzene rings is 1. The molecular weight excluding hydrogens is 462 g/mol. The topological polar surface area (TPSA) is 103 Å². The molecule has 0 saturated carbocycles. The summed E-state index contributed by atoms with van der Waals surface area (Å²) in [4.78, 5) is 11.9. The van der Waals surface area contributed by atoms with E-state index in [0.717, 1.165) is 11.3 Å². The minimum atomic E-state index is -4.27. The van der Waals surface area contributed by atoms with E-state index >= 15 is 0 Å². The lowest BCUT2D eigenvalue weighted by atomic mass is 9.72. The Hall–Kier alpha value is -3.10. The molecule has 2 aromatic rings. The highest BCUT2D eigenvalue weighted by molar-refractivity contribution is 7.85. The summed E-state index contributed by atoms with van der Waals surface area (Å²) in [6.07, 6.45) is 11.4. The van der Waals surface area contributed by atoms with Gasteiger partial charge < -0.3 is 4.55 Å². The number of amides is 1. The van der Waals surface area contributed by atoms with Crippen LogP contribution in [0.25, 0.3) is 0 Å². The zero-order valence-electron chi connectivity index (χ0n) is 21.3. The van der Waals surface area contributed by atoms with Crippen molar-refractivity contribution in [2.45, 2.75) is 58.8 Å². The Morgan fingerprint density at radius 2 is 1.83 bits per heavy atom. The van der Waals surface area contributed by atoms with Gasteiger partial charge in [0.05, 0.1) is 10.6 Å². The number of hydrogen-bond donors (Lipinski definition) is 1. The molecule has 0 aliphatic heterocycles. The van der Waals surface area contributed by atoms with Crippen LogP contribution in [0.1, 0.15) is 62.9 Å². The predicted octanol–water partition coefficient (Wildman–Crippen LogP) is 4.60. The minimum Gasteiger partial charge on any atom is -0.744 e. The molecule has 0 radical (unpaired) electrons. The van der Waals surface area contributed by atoms with Gasteiger partial charge in [-0.05, 0) is 75.3 Å². The maximum absolute atomic E-state index is 12.1. The Balaban J connectivity index is 0.000000328. The van der Waals surface area contributed by atoms with Crippen LogP contribution < -0.4 is 9.99 Å². The molecule has 1 aliphatic rings. The van der Waals surface area contributed by atoms with Crippen LogP contribution in [0.2, 0.25) is 0 Å². The van der Waals surface area contributed by atoms with E-state index in [0.29, 0.717) is 5.56 Å². The van der Waals surface area contributed by atoms with E-state index in [-0.39, 0.29) is 16.2 Å². The largest absolute Gasteiger partial charge is 0.744 e. The lowest BCUT2D eigenvalue weighted by Gasteiger charge is -2.32. The van der Waals surface area contributed by atoms with Crippen LogP contribution >= 0.6 is 0 Å². The molecule has 1 aliphatic carbocycles. The molecule has 0 fully saturated rings. The zero-order valence-corrected chi connectivity index (χ0v) is 22.1. The van der Waals surface area contributed by atoms with Gasteiger partial charge in [0.25, 0.3) is 5.91 Å². The second kappa shape index (κ2) is 12.0. The van der Waals surface area contributed by atoms with E-state index in [9.17, 15) is 17.8 Å². The fraction of sp³-hybridized carbons (Fsp3) is 0.370. The van der Waals surface area contributed by atoms with Crippen LogP contribution in [0.3, 0.4) is 0 Å². The Labute approximate surface area is 209 Å². The lowest BCUT2D eigenvalue weighted by molar-refractivity contribution is -0.671. The van der Waals surface area contributed by atoms with Gasteiger partial charge in [0.2, 0.25) is 0 Å². The van der Waals surface area contributed by atoms with Crippen molar-refractivity contribution in [3.05, 3.63) is 83.2 Å². The highest BCUT2D eigenvalue weighted by atomic mass is 32.2. The normalized spacial score (nSPS) is 16.0. The van der Waals surface area contributed by atoms with Crippen LogP contribution in [0.15, 0.2) is 82.1 Å². The molecule has 188 valence electrons. The highest BCUT2D eigenvalue weighted by Gasteiger charge is 2.26. The highest BCUT2D eigenvalue weighted by Crippen LogP contribution is 2.40. The summed E-state index contributed by atoms with van der Waals surface area (Å²) in [7, 11) is -2.38. The summed E-state index contributed by atoms with van der Waals surface area (Å²) in [5.74, 6) is -0.202. The fourth-order valence-corrected chi connectivity index (χ4v) is 4.35. The quantitative estimate of drug-likeness (QED) is 0.282. The van der Waals surface area contributed by atoms with Gasteiger partial charge in [0.15, 0.2) is 12.4 Å². The van der Waals surface area contributed by atoms with E-state index in [1.807, 2.05) is 43.8 Å². The number of hydrazone groups is 1. The summed E-state index contributed by atoms with van der Waals surface area (Å²) in [5, 5.41) is 4.19. The Morgan fingerprint density at radius 1 is 1.17 bits per heavy atom. The Morgan fingerprint density at radius 3 is 2.40 bits per heavy atom. The second-order valence-electron chi connectivity index (χ2n) is 9.48. The van der Waals surface area contributed by atoms with Gasteiger partial charge in [-0.1, -0.05) is 43.2 Å². The molecule has 0 bridgehead atoms. The van der Waals surface area contributed by atoms with Crippen LogP contribution in [0.4, 0.5) is 0 Å². The van der Waals surface area contributed by atoms with Crippen LogP contribution in [0, 0.1) is 12.3 Å². The Kier molecular flexibility index (Phi) is 9.68. The number of carbonyl (C=O) groups excluding carboxylic acids is 1. The van der Waals surface area contributed by atoms with Gasteiger partial charge in [0.1, 0.15) is 22.7 Å². The molecule has 0 unspecified atom stereocenters. The van der Waals surface area contributed by atoms with Gasteiger partial charge in [-0.15, -0.1) is 0 Å². The van der Waals surface area contributed by atoms with Crippen molar-refractivity contribution in [1.82, 2.24) is 5.43 Å². The lowest BCUT2D eigenvalue weighted by Crippen LogP contribution is -2.30. The van der Waals surface area contributed by atoms with Gasteiger partial charge >= 0.3 is 0 Å². The number of hydrogen-bond acceptors (Lipinski definition) is 5. The first-order chi connectivity index (χ1) is 16.3. The number of rotatable bonds is 5. The average Bonchev–Trinajstić information content (AvgIpc) is 2.77. The Bertz CT molecular complexity index is 1240. The maximum atomic E-state index is 12.1. The van der Waals surface area contributed by atoms with E-state index in [4.69, 9.17) is 0 Å². The molecule has 3 rings (SSSR count). The first-order valence-electron chi connectivity index (χ1n) is 11.5. The standard InChI is InChI=1S/C20H27N3O.C7H8O3S/c1-15-8-6-12-20(3,4)18(15)11-10-16(2)21-22-19(24)17-9-7-13-23(5)14-17;1-6-2-4-7(5-3-6)11(8,9)10/h7,9-11,13-14H,6,8,12H2,1-5H3;2-5H,1H3,(H,8,9,10)/b11-10+,21-16+;. The molecule has 1 aromatic heterocycles. The maximum Gasteiger partial charge on any atom is 0.277 e. The van der Waals surface area contributed by atoms with Crippen molar-refractivity contribution in [3.63, 3.8) is 0 Å². The first kappa shape index (κ1) is 28.1. The van der Waals surface area contributed by atoms with Crippen LogP contribution in [0.5, 0.6) is 0 Å². The van der Waals surface area contributed by atoms with Crippen molar-refractivity contribution in [3.8, 4) is 0 Å². The van der Waals surface area contributed by atoms with E-state index in [1.165, 1.54) is 42.5 Å². The summed E-state index contributed by atoms with van der Waals surface area (Å²) in [6.45, 7) is 10.5. The average molecular weight is 498 g/mol. The molecule has 1 aromatic carbocycles. The van der Waals surface area contributed by atoms with Crippen molar-refractivity contribution in [1.29, 1.82) is 0 Å². The summed E-state index contributed by atoms with van der Waals surface area (Å²) in [6, 6.07) is 9.39. The van der Waals surface area contributed by atoms with E-state index in [1.54, 1.807) is 24.4 Å². The molecule has 7 nitrogen and oxygen atoms in total. The third-order valence-corrected chi connectivity index (χ3v) is 6.73. The number of aromatic nitrogens is 1. The van der Waals surface area contributed by atoms with Crippen LogP contribution in [-0.2, 0) is 17.2 Å². The second-order valence-corrected chi connectivity index (χ2v) is 10.9. The van der Waals surface area contributed by atoms with E-state index in [2.05, 4.69) is 37.4 Å². The molecule has 0 spiro atoms. The summed E-state index contributed by atoms with van der Waals surface area (Å²) in [5.41, 5.74) is 7.97. The number of nitrogens with zero attached hydrogens (tertiary/aromatic N) is 2. The molecule has 35 heavy (non-hydrogen) atoms. The third-order valence-electron chi connectivity index (χ3n) is 5.88. The monoisotopic (exact) mass is 497 g/mol. The fourth-order valence-electron chi connectivity index (χ4n) is 3.88. The van der Waals surface area contributed by atoms with Gasteiger partial charge in [0, 0.05) is 6.07 Å². The number of allylic oxidation sites excluding steroid dienone is 4. The van der Waals surface area contributed by atoms with Gasteiger partial charge in [-0.2, -0.15) is 5.10 Å². The molecular formula is C27H35N3O4S. The van der Waals surface area contributed by atoms with E-state index < -0.39 is 10.1 Å². The minimum absolute atomic E-state index is 0.178. The predicted molar refractivity (Wildman–Crippen MR) is 137 cm³/mol. The molecule has 1 amide bonds. The summed E-state index contributed by atoms with van der Waals surface area (Å²) < 4.78 is 33.0. The van der Waals surface area contributed by atoms with Gasteiger partial charge in [-0.3, -0.25) is 4.79 Å². The van der Waals surface area contributed by atoms with Crippen LogP contribution in [-0.4, -0.2) is 24.6 Å². The van der Waals surface area contributed by atoms with Crippen molar-refractivity contribution < 1.29 is 22.3 Å². The SMILES string of the molecule is CC1=C(/C=C/C(C)=N/NC(=O)c2ccc[n+](C)c2)C(C)(C)CCC1.Cc1ccc(S(=O)(=O)[O-])cc1. The zero-order chi connectivity index (χ0) is 26.2. The number of nitrogens with one attached hydrogen (secondary N) is 1. The smallest absolute Gasteiger partial charge is 0.277 e. The molecule has 0 atom stereocenters. The number of pyridine rings is 1.